The van der Waals surface area contributed by atoms with Crippen LogP contribution in [0.1, 0.15) is 30.0 Å². The number of hydrogen-bond acceptors (Lipinski definition) is 9. The lowest BCUT2D eigenvalue weighted by Gasteiger charge is -2.21. The minimum atomic E-state index is -0.876. The number of anilines is 2. The molecule has 0 radical (unpaired) electrons. The van der Waals surface area contributed by atoms with Crippen molar-refractivity contribution >= 4 is 23.8 Å². The summed E-state index contributed by atoms with van der Waals surface area (Å²) in [7, 11) is 1.46. The summed E-state index contributed by atoms with van der Waals surface area (Å²) in [5, 5.41) is 2.67. The number of nitrogen functional groups attached to an aromatic ring is 2. The van der Waals surface area contributed by atoms with Crippen LogP contribution in [0, 0.1) is 5.92 Å². The predicted octanol–water partition coefficient (Wildman–Crippen LogP) is 0.542. The lowest BCUT2D eigenvalue weighted by atomic mass is 10.0. The number of amides is 1. The molecule has 1 aromatic carbocycles. The van der Waals surface area contributed by atoms with E-state index < -0.39 is 17.9 Å². The van der Waals surface area contributed by atoms with Crippen LogP contribution in [0.5, 0.6) is 5.75 Å². The molecule has 1 aromatic heterocycles. The molecule has 2 rings (SSSR count). The maximum absolute atomic E-state index is 12.5. The molecule has 1 heterocycles. The van der Waals surface area contributed by atoms with Crippen LogP contribution in [0.2, 0.25) is 0 Å². The van der Waals surface area contributed by atoms with Crippen molar-refractivity contribution in [3.8, 4) is 5.75 Å². The van der Waals surface area contributed by atoms with Crippen LogP contribution < -0.4 is 21.5 Å². The Bertz CT molecular complexity index is 807. The highest BCUT2D eigenvalue weighted by molar-refractivity contribution is 5.99. The first kappa shape index (κ1) is 19.9. The van der Waals surface area contributed by atoms with Gasteiger partial charge in [-0.2, -0.15) is 15.0 Å². The SMILES string of the molecule is COc1ccccc1C(=O)N[C@H](C(=O)OCc1nc(N)nc(N)n1)C(C)C. The van der Waals surface area contributed by atoms with E-state index in [0.29, 0.717) is 11.3 Å². The Morgan fingerprint density at radius 1 is 1.11 bits per heavy atom. The highest BCUT2D eigenvalue weighted by Gasteiger charge is 2.27. The lowest BCUT2D eigenvalue weighted by Crippen LogP contribution is -2.45. The van der Waals surface area contributed by atoms with Crippen molar-refractivity contribution in [1.82, 2.24) is 20.3 Å². The third-order valence-electron chi connectivity index (χ3n) is 3.62. The molecule has 0 saturated carbocycles. The molecular formula is C17H22N6O4. The Labute approximate surface area is 156 Å². The lowest BCUT2D eigenvalue weighted by molar-refractivity contribution is -0.148. The number of esters is 1. The number of carbonyl (C=O) groups excluding carboxylic acids is 2. The van der Waals surface area contributed by atoms with Crippen molar-refractivity contribution in [2.75, 3.05) is 18.6 Å². The number of nitrogens with zero attached hydrogens (tertiary/aromatic N) is 3. The highest BCUT2D eigenvalue weighted by Crippen LogP contribution is 2.18. The van der Waals surface area contributed by atoms with Crippen molar-refractivity contribution in [3.05, 3.63) is 35.7 Å². The van der Waals surface area contributed by atoms with Crippen molar-refractivity contribution in [2.45, 2.75) is 26.5 Å². The minimum absolute atomic E-state index is 0.0709. The number of benzene rings is 1. The van der Waals surface area contributed by atoms with Crippen LogP contribution in [0.4, 0.5) is 11.9 Å². The minimum Gasteiger partial charge on any atom is -0.496 e. The molecule has 0 bridgehead atoms. The average Bonchev–Trinajstić information content (AvgIpc) is 2.62. The molecule has 1 atom stereocenters. The Hall–Kier alpha value is -3.43. The van der Waals surface area contributed by atoms with Gasteiger partial charge in [0.1, 0.15) is 11.8 Å². The maximum Gasteiger partial charge on any atom is 0.329 e. The van der Waals surface area contributed by atoms with E-state index in [1.54, 1.807) is 38.1 Å². The van der Waals surface area contributed by atoms with Gasteiger partial charge in [0.2, 0.25) is 11.9 Å². The van der Waals surface area contributed by atoms with Crippen LogP contribution in [-0.4, -0.2) is 40.0 Å². The second-order valence-corrected chi connectivity index (χ2v) is 5.97. The molecule has 144 valence electrons. The van der Waals surface area contributed by atoms with Crippen molar-refractivity contribution in [3.63, 3.8) is 0 Å². The van der Waals surface area contributed by atoms with Gasteiger partial charge in [-0.25, -0.2) is 4.79 Å². The highest BCUT2D eigenvalue weighted by atomic mass is 16.5. The van der Waals surface area contributed by atoms with E-state index in [9.17, 15) is 9.59 Å². The molecule has 0 unspecified atom stereocenters. The van der Waals surface area contributed by atoms with Gasteiger partial charge in [0.25, 0.3) is 5.91 Å². The number of ether oxygens (including phenoxy) is 2. The van der Waals surface area contributed by atoms with Crippen molar-refractivity contribution in [1.29, 1.82) is 0 Å². The van der Waals surface area contributed by atoms with Gasteiger partial charge in [0.15, 0.2) is 12.4 Å². The van der Waals surface area contributed by atoms with E-state index in [-0.39, 0.29) is 30.2 Å². The molecule has 10 heteroatoms. The number of rotatable bonds is 7. The number of para-hydroxylation sites is 1. The first-order chi connectivity index (χ1) is 12.8. The Morgan fingerprint density at radius 2 is 1.74 bits per heavy atom. The van der Waals surface area contributed by atoms with Gasteiger partial charge >= 0.3 is 5.97 Å². The smallest absolute Gasteiger partial charge is 0.329 e. The van der Waals surface area contributed by atoms with Gasteiger partial charge < -0.3 is 26.3 Å². The summed E-state index contributed by atoms with van der Waals surface area (Å²) in [5.41, 5.74) is 11.3. The fourth-order valence-electron chi connectivity index (χ4n) is 2.30. The molecule has 0 aliphatic carbocycles. The summed E-state index contributed by atoms with van der Waals surface area (Å²) in [5.74, 6) is -0.919. The Kier molecular flexibility index (Phi) is 6.47. The van der Waals surface area contributed by atoms with E-state index in [0.717, 1.165) is 0 Å². The van der Waals surface area contributed by atoms with E-state index in [2.05, 4.69) is 20.3 Å². The van der Waals surface area contributed by atoms with Crippen LogP contribution >= 0.6 is 0 Å². The summed E-state index contributed by atoms with van der Waals surface area (Å²) < 4.78 is 10.4. The van der Waals surface area contributed by atoms with E-state index in [1.807, 2.05) is 0 Å². The van der Waals surface area contributed by atoms with E-state index in [1.165, 1.54) is 7.11 Å². The van der Waals surface area contributed by atoms with Gasteiger partial charge in [-0.05, 0) is 18.1 Å². The largest absolute Gasteiger partial charge is 0.496 e. The quantitative estimate of drug-likeness (QED) is 0.589. The number of aromatic nitrogens is 3. The summed E-state index contributed by atoms with van der Waals surface area (Å²) in [4.78, 5) is 36.3. The summed E-state index contributed by atoms with van der Waals surface area (Å²) in [6.45, 7) is 3.32. The van der Waals surface area contributed by atoms with Crippen LogP contribution in [0.3, 0.4) is 0 Å². The average molecular weight is 374 g/mol. The third-order valence-corrected chi connectivity index (χ3v) is 3.62. The number of hydrogen-bond donors (Lipinski definition) is 3. The topological polar surface area (TPSA) is 155 Å². The second kappa shape index (κ2) is 8.79. The molecule has 27 heavy (non-hydrogen) atoms. The van der Waals surface area contributed by atoms with Crippen LogP contribution in [0.15, 0.2) is 24.3 Å². The van der Waals surface area contributed by atoms with E-state index >= 15 is 0 Å². The first-order valence-electron chi connectivity index (χ1n) is 8.18. The zero-order valence-electron chi connectivity index (χ0n) is 15.3. The van der Waals surface area contributed by atoms with Gasteiger partial charge in [0.05, 0.1) is 12.7 Å². The number of methoxy groups -OCH3 is 1. The summed E-state index contributed by atoms with van der Waals surface area (Å²) >= 11 is 0. The molecule has 0 aliphatic heterocycles. The van der Waals surface area contributed by atoms with Gasteiger partial charge in [0, 0.05) is 0 Å². The zero-order valence-corrected chi connectivity index (χ0v) is 15.3. The number of nitrogens with one attached hydrogen (secondary N) is 1. The molecule has 2 aromatic rings. The standard InChI is InChI=1S/C17H22N6O4/c1-9(2)13(22-14(24)10-6-4-5-7-11(10)26-3)15(25)27-8-12-20-16(18)23-17(19)21-12/h4-7,9,13H,8H2,1-3H3,(H,22,24)(H4,18,19,20,21,23)/t13-/m0/s1. The van der Waals surface area contributed by atoms with Gasteiger partial charge in [-0.1, -0.05) is 26.0 Å². The molecule has 1 amide bonds. The normalized spacial score (nSPS) is 11.7. The Morgan fingerprint density at radius 3 is 2.33 bits per heavy atom. The van der Waals surface area contributed by atoms with Crippen LogP contribution in [0.25, 0.3) is 0 Å². The molecular weight excluding hydrogens is 352 g/mol. The summed E-state index contributed by atoms with van der Waals surface area (Å²) in [6, 6.07) is 5.84. The molecule has 0 aliphatic rings. The van der Waals surface area contributed by atoms with Gasteiger partial charge in [-0.15, -0.1) is 0 Å². The monoisotopic (exact) mass is 374 g/mol. The number of carbonyl (C=O) groups is 2. The number of nitrogens with two attached hydrogens (primary N) is 2. The molecule has 0 saturated heterocycles. The van der Waals surface area contributed by atoms with Gasteiger partial charge in [-0.3, -0.25) is 4.79 Å². The third kappa shape index (κ3) is 5.27. The second-order valence-electron chi connectivity index (χ2n) is 5.97. The molecule has 5 N–H and O–H groups in total. The molecule has 0 spiro atoms. The fraction of sp³-hybridized carbons (Fsp3) is 0.353. The predicted molar refractivity (Wildman–Crippen MR) is 97.5 cm³/mol. The maximum atomic E-state index is 12.5. The van der Waals surface area contributed by atoms with Crippen molar-refractivity contribution in [2.24, 2.45) is 5.92 Å². The molecule has 0 fully saturated rings. The zero-order chi connectivity index (χ0) is 20.0. The van der Waals surface area contributed by atoms with Crippen LogP contribution in [-0.2, 0) is 16.1 Å². The summed E-state index contributed by atoms with van der Waals surface area (Å²) in [6.07, 6.45) is 0. The first-order valence-corrected chi connectivity index (χ1v) is 8.18. The van der Waals surface area contributed by atoms with E-state index in [4.69, 9.17) is 20.9 Å². The molecule has 10 nitrogen and oxygen atoms in total. The Balaban J connectivity index is 2.07. The van der Waals surface area contributed by atoms with Crippen molar-refractivity contribution < 1.29 is 19.1 Å². The fourth-order valence-corrected chi connectivity index (χ4v) is 2.30.